The van der Waals surface area contributed by atoms with Crippen LogP contribution >= 0.6 is 0 Å². The molecule has 0 fully saturated rings. The molecule has 0 amide bonds. The van der Waals surface area contributed by atoms with Gasteiger partial charge in [-0.15, -0.1) is 0 Å². The van der Waals surface area contributed by atoms with E-state index in [1.54, 1.807) is 28.4 Å². The number of methoxy groups -OCH3 is 4. The number of hydrogen-bond acceptors (Lipinski definition) is 6. The van der Waals surface area contributed by atoms with Gasteiger partial charge < -0.3 is 28.7 Å². The van der Waals surface area contributed by atoms with Crippen LogP contribution in [0.3, 0.4) is 0 Å². The minimum atomic E-state index is 0.655. The summed E-state index contributed by atoms with van der Waals surface area (Å²) in [6, 6.07) is 8.13. The molecule has 0 saturated heterocycles. The first-order valence-electron chi connectivity index (χ1n) is 10.0. The number of nitrogens with zero attached hydrogens (tertiary/aromatic N) is 2. The fraction of sp³-hybridized carbons (Fsp3) is 0.360. The van der Waals surface area contributed by atoms with Crippen LogP contribution in [0, 0.1) is 0 Å². The average molecular weight is 427 g/mol. The molecule has 0 heterocycles. The van der Waals surface area contributed by atoms with Crippen LogP contribution in [-0.2, 0) is 0 Å². The van der Waals surface area contributed by atoms with Gasteiger partial charge in [0.2, 0.25) is 0 Å². The first-order chi connectivity index (χ1) is 14.9. The summed E-state index contributed by atoms with van der Waals surface area (Å²) in [5, 5.41) is 0. The average Bonchev–Trinajstić information content (AvgIpc) is 2.77. The Bertz CT molecular complexity index is 893. The number of hydrogen-bond donors (Lipinski definition) is 0. The fourth-order valence-corrected chi connectivity index (χ4v) is 3.55. The van der Waals surface area contributed by atoms with E-state index >= 15 is 0 Å². The fourth-order valence-electron chi connectivity index (χ4n) is 3.55. The molecular weight excluding hydrogens is 392 g/mol. The van der Waals surface area contributed by atoms with E-state index < -0.39 is 0 Å². The molecular formula is C25H34N2O4. The quantitative estimate of drug-likeness (QED) is 0.534. The largest absolute Gasteiger partial charge is 0.492 e. The highest BCUT2D eigenvalue weighted by Crippen LogP contribution is 2.48. The molecule has 0 bridgehead atoms. The second-order valence-electron chi connectivity index (χ2n) is 7.29. The molecule has 2 rings (SSSR count). The lowest BCUT2D eigenvalue weighted by Gasteiger charge is -2.24. The molecule has 0 atom stereocenters. The molecule has 6 heteroatoms. The highest BCUT2D eigenvalue weighted by Gasteiger charge is 2.24. The Kier molecular flexibility index (Phi) is 8.25. The second kappa shape index (κ2) is 10.7. The summed E-state index contributed by atoms with van der Waals surface area (Å²) in [7, 11) is 14.5. The van der Waals surface area contributed by atoms with Crippen LogP contribution in [-0.4, -0.2) is 56.6 Å². The van der Waals surface area contributed by atoms with Crippen molar-refractivity contribution in [2.75, 3.05) is 66.4 Å². The van der Waals surface area contributed by atoms with Gasteiger partial charge in [-0.2, -0.15) is 0 Å². The molecule has 0 aliphatic heterocycles. The van der Waals surface area contributed by atoms with Crippen molar-refractivity contribution in [1.82, 2.24) is 0 Å². The first kappa shape index (κ1) is 24.0. The molecule has 0 unspecified atom stereocenters. The van der Waals surface area contributed by atoms with E-state index in [9.17, 15) is 0 Å². The third kappa shape index (κ3) is 4.74. The summed E-state index contributed by atoms with van der Waals surface area (Å²) in [6.45, 7) is 1.98. The van der Waals surface area contributed by atoms with Crippen LogP contribution < -0.4 is 28.7 Å². The maximum atomic E-state index is 5.84. The van der Waals surface area contributed by atoms with E-state index in [2.05, 4.69) is 0 Å². The van der Waals surface area contributed by atoms with Gasteiger partial charge in [0.1, 0.15) is 0 Å². The van der Waals surface area contributed by atoms with Crippen LogP contribution in [0.5, 0.6) is 23.0 Å². The smallest absolute Gasteiger partial charge is 0.184 e. The predicted octanol–water partition coefficient (Wildman–Crippen LogP) is 4.86. The number of anilines is 2. The van der Waals surface area contributed by atoms with Crippen molar-refractivity contribution in [3.63, 3.8) is 0 Å². The third-order valence-corrected chi connectivity index (χ3v) is 5.00. The zero-order chi connectivity index (χ0) is 23.1. The van der Waals surface area contributed by atoms with Crippen LogP contribution in [0.2, 0.25) is 0 Å². The standard InChI is InChI=1S/C25H34N2O4/c1-10-11-12-17(18-13-15-20(26(2)3)24(30-8)22(18)28-6)19-14-16-21(27(4)5)25(31-9)23(19)29-7/h10-16H,1-9H3. The minimum absolute atomic E-state index is 0.655. The Hall–Kier alpha value is -3.28. The molecule has 168 valence electrons. The van der Waals surface area contributed by atoms with Crippen molar-refractivity contribution < 1.29 is 18.9 Å². The lowest BCUT2D eigenvalue weighted by molar-refractivity contribution is 0.353. The van der Waals surface area contributed by atoms with Crippen LogP contribution in [0.1, 0.15) is 18.1 Å². The monoisotopic (exact) mass is 426 g/mol. The van der Waals surface area contributed by atoms with Crippen molar-refractivity contribution in [3.05, 3.63) is 53.6 Å². The Balaban J connectivity index is 2.89. The number of ether oxygens (including phenoxy) is 4. The zero-order valence-electron chi connectivity index (χ0n) is 20.1. The Morgan fingerprint density at radius 1 is 0.645 bits per heavy atom. The summed E-state index contributed by atoms with van der Waals surface area (Å²) >= 11 is 0. The highest BCUT2D eigenvalue weighted by molar-refractivity contribution is 5.91. The van der Waals surface area contributed by atoms with Gasteiger partial charge in [-0.25, -0.2) is 0 Å². The van der Waals surface area contributed by atoms with Gasteiger partial charge in [-0.1, -0.05) is 18.2 Å². The summed E-state index contributed by atoms with van der Waals surface area (Å²) in [4.78, 5) is 3.99. The van der Waals surface area contributed by atoms with Gasteiger partial charge >= 0.3 is 0 Å². The lowest BCUT2D eigenvalue weighted by atomic mass is 9.94. The maximum absolute atomic E-state index is 5.84. The van der Waals surface area contributed by atoms with E-state index in [4.69, 9.17) is 18.9 Å². The Morgan fingerprint density at radius 3 is 1.32 bits per heavy atom. The topological polar surface area (TPSA) is 43.4 Å². The van der Waals surface area contributed by atoms with Crippen molar-refractivity contribution in [3.8, 4) is 23.0 Å². The number of benzene rings is 2. The van der Waals surface area contributed by atoms with E-state index in [1.807, 2.05) is 87.4 Å². The third-order valence-electron chi connectivity index (χ3n) is 5.00. The number of allylic oxidation sites excluding steroid dienone is 3. The maximum Gasteiger partial charge on any atom is 0.184 e. The molecule has 0 N–H and O–H groups in total. The van der Waals surface area contributed by atoms with Crippen LogP contribution in [0.15, 0.2) is 42.5 Å². The number of rotatable bonds is 9. The van der Waals surface area contributed by atoms with Gasteiger partial charge in [0, 0.05) is 39.3 Å². The van der Waals surface area contributed by atoms with Crippen LogP contribution in [0.25, 0.3) is 5.57 Å². The van der Waals surface area contributed by atoms with Crippen molar-refractivity contribution >= 4 is 16.9 Å². The van der Waals surface area contributed by atoms with Crippen molar-refractivity contribution in [2.45, 2.75) is 6.92 Å². The first-order valence-corrected chi connectivity index (χ1v) is 10.0. The molecule has 2 aromatic rings. The van der Waals surface area contributed by atoms with Gasteiger partial charge in [-0.3, -0.25) is 0 Å². The van der Waals surface area contributed by atoms with Crippen molar-refractivity contribution in [1.29, 1.82) is 0 Å². The van der Waals surface area contributed by atoms with E-state index in [0.29, 0.717) is 23.0 Å². The van der Waals surface area contributed by atoms with Gasteiger partial charge in [0.15, 0.2) is 23.0 Å². The van der Waals surface area contributed by atoms with E-state index in [1.165, 1.54) is 0 Å². The van der Waals surface area contributed by atoms with Gasteiger partial charge in [0.05, 0.1) is 39.8 Å². The summed E-state index contributed by atoms with van der Waals surface area (Å²) in [6.07, 6.45) is 6.02. The molecule has 31 heavy (non-hydrogen) atoms. The summed E-state index contributed by atoms with van der Waals surface area (Å²) < 4.78 is 23.1. The molecule has 0 radical (unpaired) electrons. The highest BCUT2D eigenvalue weighted by atomic mass is 16.5. The molecule has 0 spiro atoms. The lowest BCUT2D eigenvalue weighted by Crippen LogP contribution is -2.12. The van der Waals surface area contributed by atoms with Crippen LogP contribution in [0.4, 0.5) is 11.4 Å². The molecule has 0 aliphatic carbocycles. The summed E-state index contributed by atoms with van der Waals surface area (Å²) in [5.74, 6) is 2.66. The SMILES string of the molecule is CC=CC=C(c1ccc(N(C)C)c(OC)c1OC)c1ccc(N(C)C)c(OC)c1OC. The Labute approximate surface area is 186 Å². The summed E-state index contributed by atoms with van der Waals surface area (Å²) in [5.41, 5.74) is 4.57. The van der Waals surface area contributed by atoms with Gasteiger partial charge in [0.25, 0.3) is 0 Å². The predicted molar refractivity (Wildman–Crippen MR) is 130 cm³/mol. The second-order valence-corrected chi connectivity index (χ2v) is 7.29. The van der Waals surface area contributed by atoms with Gasteiger partial charge in [-0.05, 0) is 36.8 Å². The minimum Gasteiger partial charge on any atom is -0.492 e. The van der Waals surface area contributed by atoms with Crippen molar-refractivity contribution in [2.24, 2.45) is 0 Å². The molecule has 6 nitrogen and oxygen atoms in total. The molecule has 0 aromatic heterocycles. The Morgan fingerprint density at radius 2 is 1.03 bits per heavy atom. The molecule has 0 saturated carbocycles. The van der Waals surface area contributed by atoms with E-state index in [-0.39, 0.29) is 0 Å². The normalized spacial score (nSPS) is 10.6. The zero-order valence-corrected chi connectivity index (χ0v) is 20.1. The molecule has 0 aliphatic rings. The molecule has 2 aromatic carbocycles. The van der Waals surface area contributed by atoms with E-state index in [0.717, 1.165) is 28.1 Å².